The Morgan fingerprint density at radius 2 is 2.00 bits per heavy atom. The molecule has 1 aliphatic carbocycles. The summed E-state index contributed by atoms with van der Waals surface area (Å²) in [5.74, 6) is 0.795. The first kappa shape index (κ1) is 14.5. The van der Waals surface area contributed by atoms with Crippen molar-refractivity contribution in [3.8, 4) is 0 Å². The van der Waals surface area contributed by atoms with E-state index in [4.69, 9.17) is 11.6 Å². The minimum absolute atomic E-state index is 0.117. The lowest BCUT2D eigenvalue weighted by Crippen LogP contribution is -2.41. The minimum Gasteiger partial charge on any atom is -0.296 e. The molecule has 0 saturated heterocycles. The molecule has 104 valence electrons. The van der Waals surface area contributed by atoms with Crippen LogP contribution in [-0.2, 0) is 0 Å². The van der Waals surface area contributed by atoms with Crippen LogP contribution in [0.3, 0.4) is 0 Å². The number of benzene rings is 1. The van der Waals surface area contributed by atoms with Crippen LogP contribution < -0.4 is 0 Å². The summed E-state index contributed by atoms with van der Waals surface area (Å²) in [7, 11) is 2.06. The Kier molecular flexibility index (Phi) is 5.00. The van der Waals surface area contributed by atoms with Crippen molar-refractivity contribution >= 4 is 17.4 Å². The number of likely N-dealkylation sites (N-methyl/N-ethyl adjacent to an activating group) is 1. The summed E-state index contributed by atoms with van der Waals surface area (Å²) in [4.78, 5) is 14.5. The van der Waals surface area contributed by atoms with E-state index in [9.17, 15) is 4.79 Å². The topological polar surface area (TPSA) is 20.3 Å². The zero-order valence-electron chi connectivity index (χ0n) is 11.7. The summed E-state index contributed by atoms with van der Waals surface area (Å²) in [6.45, 7) is 2.75. The monoisotopic (exact) mass is 279 g/mol. The van der Waals surface area contributed by atoms with Crippen molar-refractivity contribution in [2.24, 2.45) is 5.92 Å². The van der Waals surface area contributed by atoms with E-state index in [1.807, 2.05) is 18.2 Å². The Balaban J connectivity index is 2.00. The van der Waals surface area contributed by atoms with Crippen LogP contribution in [0.1, 0.15) is 43.0 Å². The number of rotatable bonds is 4. The summed E-state index contributed by atoms with van der Waals surface area (Å²) in [5.41, 5.74) is 0.638. The predicted molar refractivity (Wildman–Crippen MR) is 79.8 cm³/mol. The number of Topliss-reactive ketones (excluding diaryl/α,β-unsaturated/α-hetero) is 1. The van der Waals surface area contributed by atoms with Gasteiger partial charge in [-0.3, -0.25) is 9.69 Å². The maximum Gasteiger partial charge on any atom is 0.178 e. The third-order valence-electron chi connectivity index (χ3n) is 4.20. The van der Waals surface area contributed by atoms with Crippen molar-refractivity contribution in [1.29, 1.82) is 0 Å². The normalized spacial score (nSPS) is 23.6. The molecule has 1 saturated carbocycles. The van der Waals surface area contributed by atoms with Gasteiger partial charge in [-0.2, -0.15) is 0 Å². The molecule has 1 fully saturated rings. The van der Waals surface area contributed by atoms with E-state index < -0.39 is 0 Å². The van der Waals surface area contributed by atoms with E-state index in [2.05, 4.69) is 18.9 Å². The minimum atomic E-state index is 0.117. The number of carbonyl (C=O) groups is 1. The molecular weight excluding hydrogens is 258 g/mol. The molecule has 2 atom stereocenters. The van der Waals surface area contributed by atoms with Crippen molar-refractivity contribution in [3.63, 3.8) is 0 Å². The van der Waals surface area contributed by atoms with E-state index >= 15 is 0 Å². The molecule has 3 heteroatoms. The van der Waals surface area contributed by atoms with Gasteiger partial charge in [0, 0.05) is 11.6 Å². The average molecular weight is 280 g/mol. The van der Waals surface area contributed by atoms with Gasteiger partial charge in [-0.1, -0.05) is 43.5 Å². The van der Waals surface area contributed by atoms with E-state index in [1.54, 1.807) is 6.07 Å². The van der Waals surface area contributed by atoms with Gasteiger partial charge >= 0.3 is 0 Å². The third-order valence-corrected chi connectivity index (χ3v) is 4.53. The van der Waals surface area contributed by atoms with Crippen LogP contribution in [0, 0.1) is 5.92 Å². The Bertz CT molecular complexity index is 446. The molecule has 1 aromatic carbocycles. The fourth-order valence-corrected chi connectivity index (χ4v) is 3.31. The number of nitrogens with zero attached hydrogens (tertiary/aromatic N) is 1. The number of carbonyl (C=O) groups excluding carboxylic acids is 1. The fourth-order valence-electron chi connectivity index (χ4n) is 3.07. The highest BCUT2D eigenvalue weighted by Gasteiger charge is 2.26. The second-order valence-electron chi connectivity index (χ2n) is 5.65. The van der Waals surface area contributed by atoms with Crippen LogP contribution in [0.2, 0.25) is 5.02 Å². The van der Waals surface area contributed by atoms with Crippen molar-refractivity contribution in [3.05, 3.63) is 34.9 Å². The Morgan fingerprint density at radius 1 is 1.32 bits per heavy atom. The summed E-state index contributed by atoms with van der Waals surface area (Å²) < 4.78 is 0. The van der Waals surface area contributed by atoms with Gasteiger partial charge in [0.15, 0.2) is 5.78 Å². The highest BCUT2D eigenvalue weighted by atomic mass is 35.5. The highest BCUT2D eigenvalue weighted by Crippen LogP contribution is 2.27. The molecule has 2 rings (SSSR count). The standard InChI is InChI=1S/C16H22ClNO/c1-12-7-3-6-10-15(12)18(2)11-16(19)13-8-4-5-9-14(13)17/h4-5,8-9,12,15H,3,6-7,10-11H2,1-2H3. The van der Waals surface area contributed by atoms with Gasteiger partial charge < -0.3 is 0 Å². The van der Waals surface area contributed by atoms with Crippen molar-refractivity contribution in [1.82, 2.24) is 4.90 Å². The number of halogens is 1. The summed E-state index contributed by atoms with van der Waals surface area (Å²) in [6, 6.07) is 7.83. The van der Waals surface area contributed by atoms with E-state index in [1.165, 1.54) is 25.7 Å². The van der Waals surface area contributed by atoms with Crippen LogP contribution in [0.15, 0.2) is 24.3 Å². The lowest BCUT2D eigenvalue weighted by Gasteiger charge is -2.35. The smallest absolute Gasteiger partial charge is 0.178 e. The molecule has 1 aliphatic rings. The molecule has 0 N–H and O–H groups in total. The van der Waals surface area contributed by atoms with Crippen LogP contribution in [0.4, 0.5) is 0 Å². The van der Waals surface area contributed by atoms with Gasteiger partial charge in [-0.15, -0.1) is 0 Å². The first-order chi connectivity index (χ1) is 9.09. The molecule has 0 amide bonds. The second-order valence-corrected chi connectivity index (χ2v) is 6.05. The Morgan fingerprint density at radius 3 is 2.68 bits per heavy atom. The highest BCUT2D eigenvalue weighted by molar-refractivity contribution is 6.34. The summed E-state index contributed by atoms with van der Waals surface area (Å²) in [6.07, 6.45) is 5.08. The van der Waals surface area contributed by atoms with Gasteiger partial charge in [0.25, 0.3) is 0 Å². The lowest BCUT2D eigenvalue weighted by molar-refractivity contribution is 0.0851. The lowest BCUT2D eigenvalue weighted by atomic mass is 9.85. The molecule has 1 aromatic rings. The van der Waals surface area contributed by atoms with E-state index in [0.717, 1.165) is 0 Å². The van der Waals surface area contributed by atoms with Crippen molar-refractivity contribution < 1.29 is 4.79 Å². The maximum absolute atomic E-state index is 12.3. The average Bonchev–Trinajstić information content (AvgIpc) is 2.39. The van der Waals surface area contributed by atoms with Gasteiger partial charge in [-0.05, 0) is 37.9 Å². The van der Waals surface area contributed by atoms with Crippen LogP contribution in [0.5, 0.6) is 0 Å². The summed E-state index contributed by atoms with van der Waals surface area (Å²) >= 11 is 6.08. The van der Waals surface area contributed by atoms with Crippen molar-refractivity contribution in [2.75, 3.05) is 13.6 Å². The largest absolute Gasteiger partial charge is 0.296 e. The molecular formula is C16H22ClNO. The summed E-state index contributed by atoms with van der Waals surface area (Å²) in [5, 5.41) is 0.553. The SMILES string of the molecule is CC1CCCCC1N(C)CC(=O)c1ccccc1Cl. The van der Waals surface area contributed by atoms with Gasteiger partial charge in [0.05, 0.1) is 11.6 Å². The third kappa shape index (κ3) is 3.58. The van der Waals surface area contributed by atoms with Crippen molar-refractivity contribution in [2.45, 2.75) is 38.6 Å². The molecule has 0 bridgehead atoms. The molecule has 0 radical (unpaired) electrons. The van der Waals surface area contributed by atoms with E-state index in [-0.39, 0.29) is 5.78 Å². The van der Waals surface area contributed by atoms with Crippen LogP contribution >= 0.6 is 11.6 Å². The zero-order chi connectivity index (χ0) is 13.8. The van der Waals surface area contributed by atoms with Gasteiger partial charge in [-0.25, -0.2) is 0 Å². The molecule has 2 unspecified atom stereocenters. The molecule has 0 aromatic heterocycles. The maximum atomic E-state index is 12.3. The molecule has 0 spiro atoms. The first-order valence-electron chi connectivity index (χ1n) is 7.07. The quantitative estimate of drug-likeness (QED) is 0.776. The molecule has 2 nitrogen and oxygen atoms in total. The predicted octanol–water partition coefficient (Wildman–Crippen LogP) is 4.03. The van der Waals surface area contributed by atoms with Gasteiger partial charge in [0.1, 0.15) is 0 Å². The molecule has 19 heavy (non-hydrogen) atoms. The van der Waals surface area contributed by atoms with Gasteiger partial charge in [0.2, 0.25) is 0 Å². The molecule has 0 aliphatic heterocycles. The molecule has 0 heterocycles. The second kappa shape index (κ2) is 6.53. The first-order valence-corrected chi connectivity index (χ1v) is 7.45. The Hall–Kier alpha value is -0.860. The number of ketones is 1. The number of hydrogen-bond acceptors (Lipinski definition) is 2. The van der Waals surface area contributed by atoms with Crippen LogP contribution in [-0.4, -0.2) is 30.3 Å². The Labute approximate surface area is 120 Å². The van der Waals surface area contributed by atoms with E-state index in [0.29, 0.717) is 29.1 Å². The van der Waals surface area contributed by atoms with Crippen LogP contribution in [0.25, 0.3) is 0 Å². The fraction of sp³-hybridized carbons (Fsp3) is 0.562. The number of hydrogen-bond donors (Lipinski definition) is 0. The zero-order valence-corrected chi connectivity index (χ0v) is 12.5.